The van der Waals surface area contributed by atoms with Crippen molar-refractivity contribution in [3.8, 4) is 0 Å². The maximum absolute atomic E-state index is 13.4. The second-order valence-electron chi connectivity index (χ2n) is 6.15. The summed E-state index contributed by atoms with van der Waals surface area (Å²) < 4.78 is 53.4. The van der Waals surface area contributed by atoms with E-state index in [1.165, 1.54) is 6.07 Å². The van der Waals surface area contributed by atoms with E-state index in [9.17, 15) is 17.6 Å². The van der Waals surface area contributed by atoms with Gasteiger partial charge < -0.3 is 5.32 Å². The fourth-order valence-electron chi connectivity index (χ4n) is 3.50. The Morgan fingerprint density at radius 3 is 2.30 bits per heavy atom. The van der Waals surface area contributed by atoms with E-state index in [-0.39, 0.29) is 29.9 Å². The molecule has 3 rings (SSSR count). The van der Waals surface area contributed by atoms with E-state index in [1.807, 2.05) is 0 Å². The van der Waals surface area contributed by atoms with E-state index in [1.54, 1.807) is 0 Å². The van der Waals surface area contributed by atoms with Crippen LogP contribution in [0.1, 0.15) is 36.4 Å². The lowest BCUT2D eigenvalue weighted by Gasteiger charge is -2.44. The van der Waals surface area contributed by atoms with Crippen LogP contribution in [0.2, 0.25) is 0 Å². The zero-order chi connectivity index (χ0) is 15.7. The molecule has 1 aliphatic heterocycles. The Kier molecular flexibility index (Phi) is 5.92. The summed E-state index contributed by atoms with van der Waals surface area (Å²) in [7, 11) is 0. The summed E-state index contributed by atoms with van der Waals surface area (Å²) in [6, 6.07) is 2.87. The van der Waals surface area contributed by atoms with Gasteiger partial charge in [0.2, 0.25) is 0 Å². The number of nitrogens with zero attached hydrogens (tertiary/aromatic N) is 1. The zero-order valence-corrected chi connectivity index (χ0v) is 13.5. The van der Waals surface area contributed by atoms with Crippen LogP contribution in [0.25, 0.3) is 0 Å². The van der Waals surface area contributed by atoms with Gasteiger partial charge in [0.15, 0.2) is 0 Å². The van der Waals surface area contributed by atoms with Crippen molar-refractivity contribution in [2.45, 2.75) is 31.5 Å². The van der Waals surface area contributed by atoms with Crippen molar-refractivity contribution in [2.24, 2.45) is 5.92 Å². The van der Waals surface area contributed by atoms with Crippen LogP contribution in [0.15, 0.2) is 18.2 Å². The number of hydrogen-bond acceptors (Lipinski definition) is 2. The van der Waals surface area contributed by atoms with Gasteiger partial charge in [-0.15, -0.1) is 12.4 Å². The Morgan fingerprint density at radius 1 is 1.13 bits per heavy atom. The molecular weight excluding hydrogens is 332 g/mol. The monoisotopic (exact) mass is 352 g/mol. The number of halogens is 5. The predicted octanol–water partition coefficient (Wildman–Crippen LogP) is 4.01. The molecule has 2 aliphatic rings. The molecule has 1 aliphatic carbocycles. The molecule has 130 valence electrons. The summed E-state index contributed by atoms with van der Waals surface area (Å²) in [4.78, 5) is 2.13. The maximum atomic E-state index is 13.4. The Balaban J connectivity index is 0.00000192. The van der Waals surface area contributed by atoms with Crippen molar-refractivity contribution in [2.75, 3.05) is 26.2 Å². The van der Waals surface area contributed by atoms with Gasteiger partial charge in [-0.2, -0.15) is 13.2 Å². The molecule has 2 fully saturated rings. The van der Waals surface area contributed by atoms with E-state index in [2.05, 4.69) is 10.2 Å². The van der Waals surface area contributed by atoms with Gasteiger partial charge in [0, 0.05) is 32.2 Å². The molecule has 1 aromatic rings. The van der Waals surface area contributed by atoms with Crippen molar-refractivity contribution in [1.29, 1.82) is 0 Å². The van der Waals surface area contributed by atoms with E-state index < -0.39 is 17.6 Å². The molecule has 0 spiro atoms. The third-order valence-corrected chi connectivity index (χ3v) is 4.78. The van der Waals surface area contributed by atoms with Crippen LogP contribution < -0.4 is 5.32 Å². The van der Waals surface area contributed by atoms with Gasteiger partial charge in [-0.25, -0.2) is 4.39 Å². The van der Waals surface area contributed by atoms with Crippen LogP contribution in [-0.2, 0) is 6.18 Å². The molecule has 23 heavy (non-hydrogen) atoms. The summed E-state index contributed by atoms with van der Waals surface area (Å²) in [5.74, 6) is -0.589. The molecule has 0 bridgehead atoms. The average molecular weight is 353 g/mol. The summed E-state index contributed by atoms with van der Waals surface area (Å²) in [5, 5.41) is 3.23. The normalized spacial score (nSPS) is 21.4. The molecule has 7 heteroatoms. The van der Waals surface area contributed by atoms with Crippen molar-refractivity contribution >= 4 is 12.4 Å². The van der Waals surface area contributed by atoms with Crippen molar-refractivity contribution in [3.05, 3.63) is 35.1 Å². The van der Waals surface area contributed by atoms with Crippen LogP contribution in [0, 0.1) is 11.7 Å². The number of nitrogens with one attached hydrogen (secondary N) is 1. The minimum absolute atomic E-state index is 0. The first-order chi connectivity index (χ1) is 10.5. The van der Waals surface area contributed by atoms with Crippen LogP contribution in [0.4, 0.5) is 17.6 Å². The molecule has 1 saturated heterocycles. The number of piperazine rings is 1. The Bertz CT molecular complexity index is 525. The summed E-state index contributed by atoms with van der Waals surface area (Å²) in [6.07, 6.45) is -1.56. The highest BCUT2D eigenvalue weighted by Crippen LogP contribution is 2.45. The smallest absolute Gasteiger partial charge is 0.314 e. The molecule has 1 heterocycles. The molecule has 0 radical (unpaired) electrons. The van der Waals surface area contributed by atoms with Crippen molar-refractivity contribution < 1.29 is 17.6 Å². The van der Waals surface area contributed by atoms with Crippen molar-refractivity contribution in [1.82, 2.24) is 10.2 Å². The molecule has 2 nitrogen and oxygen atoms in total. The average Bonchev–Trinajstić information content (AvgIpc) is 2.43. The summed E-state index contributed by atoms with van der Waals surface area (Å²) in [6.45, 7) is 3.03. The lowest BCUT2D eigenvalue weighted by atomic mass is 9.75. The van der Waals surface area contributed by atoms with Gasteiger partial charge in [-0.3, -0.25) is 4.90 Å². The first kappa shape index (κ1) is 18.5. The fourth-order valence-corrected chi connectivity index (χ4v) is 3.50. The van der Waals surface area contributed by atoms with Gasteiger partial charge >= 0.3 is 6.18 Å². The number of rotatable bonds is 3. The molecule has 1 N–H and O–H groups in total. The number of alkyl halides is 3. The largest absolute Gasteiger partial charge is 0.416 e. The minimum atomic E-state index is -4.52. The standard InChI is InChI=1S/C16H20F4N2.ClH/c17-12-4-5-13(14(10-12)16(18,19)20)15(11-2-1-3-11)22-8-6-21-7-9-22;/h4-5,10-11,15,21H,1-3,6-9H2;1H/t15-;/m0./s1. The van der Waals surface area contributed by atoms with Gasteiger partial charge in [0.25, 0.3) is 0 Å². The summed E-state index contributed by atoms with van der Waals surface area (Å²) >= 11 is 0. The van der Waals surface area contributed by atoms with Crippen LogP contribution in [0.5, 0.6) is 0 Å². The lowest BCUT2D eigenvalue weighted by Crippen LogP contribution is -2.48. The SMILES string of the molecule is Cl.Fc1ccc([C@H](C2CCC2)N2CCNCC2)c(C(F)(F)F)c1. The number of hydrogen-bond donors (Lipinski definition) is 1. The quantitative estimate of drug-likeness (QED) is 0.827. The zero-order valence-electron chi connectivity index (χ0n) is 12.7. The molecule has 0 amide bonds. The summed E-state index contributed by atoms with van der Waals surface area (Å²) in [5.41, 5.74) is -0.580. The fraction of sp³-hybridized carbons (Fsp3) is 0.625. The van der Waals surface area contributed by atoms with Crippen LogP contribution >= 0.6 is 12.4 Å². The number of benzene rings is 1. The first-order valence-electron chi connectivity index (χ1n) is 7.78. The topological polar surface area (TPSA) is 15.3 Å². The Labute approximate surface area is 139 Å². The third-order valence-electron chi connectivity index (χ3n) is 4.78. The van der Waals surface area contributed by atoms with Gasteiger partial charge in [-0.05, 0) is 36.5 Å². The van der Waals surface area contributed by atoms with Crippen LogP contribution in [0.3, 0.4) is 0 Å². The molecular formula is C16H21ClF4N2. The van der Waals surface area contributed by atoms with Gasteiger partial charge in [0.1, 0.15) is 5.82 Å². The highest BCUT2D eigenvalue weighted by Gasteiger charge is 2.41. The minimum Gasteiger partial charge on any atom is -0.314 e. The second kappa shape index (κ2) is 7.36. The van der Waals surface area contributed by atoms with Gasteiger partial charge in [-0.1, -0.05) is 12.5 Å². The van der Waals surface area contributed by atoms with E-state index >= 15 is 0 Å². The van der Waals surface area contributed by atoms with E-state index in [0.717, 1.165) is 51.5 Å². The molecule has 1 saturated carbocycles. The maximum Gasteiger partial charge on any atom is 0.416 e. The van der Waals surface area contributed by atoms with E-state index in [4.69, 9.17) is 0 Å². The highest BCUT2D eigenvalue weighted by molar-refractivity contribution is 5.85. The molecule has 1 aromatic carbocycles. The molecule has 1 atom stereocenters. The van der Waals surface area contributed by atoms with Crippen LogP contribution in [-0.4, -0.2) is 31.1 Å². The first-order valence-corrected chi connectivity index (χ1v) is 7.78. The Hall–Kier alpha value is -0.850. The Morgan fingerprint density at radius 2 is 1.78 bits per heavy atom. The molecule has 0 unspecified atom stereocenters. The van der Waals surface area contributed by atoms with Crippen molar-refractivity contribution in [3.63, 3.8) is 0 Å². The lowest BCUT2D eigenvalue weighted by molar-refractivity contribution is -0.139. The molecule has 0 aromatic heterocycles. The second-order valence-corrected chi connectivity index (χ2v) is 6.15. The van der Waals surface area contributed by atoms with E-state index in [0.29, 0.717) is 6.07 Å². The predicted molar refractivity (Wildman–Crippen MR) is 83.2 cm³/mol. The third kappa shape index (κ3) is 3.98. The highest BCUT2D eigenvalue weighted by atomic mass is 35.5. The van der Waals surface area contributed by atoms with Gasteiger partial charge in [0.05, 0.1) is 5.56 Å².